The number of halogens is 1. The van der Waals surface area contributed by atoms with Crippen molar-refractivity contribution in [1.82, 2.24) is 10.6 Å². The lowest BCUT2D eigenvalue weighted by Gasteiger charge is -2.10. The fraction of sp³-hybridized carbons (Fsp3) is 0.267. The van der Waals surface area contributed by atoms with Crippen molar-refractivity contribution < 1.29 is 8.83 Å². The average Bonchev–Trinajstić information content (AvgIpc) is 3.14. The summed E-state index contributed by atoms with van der Waals surface area (Å²) in [6.07, 6.45) is 5.92. The molecule has 2 aromatic rings. The van der Waals surface area contributed by atoms with Crippen LogP contribution in [0.4, 0.5) is 0 Å². The van der Waals surface area contributed by atoms with Gasteiger partial charge in [-0.2, -0.15) is 0 Å². The molecule has 0 aromatic carbocycles. The van der Waals surface area contributed by atoms with Crippen molar-refractivity contribution in [3.8, 4) is 0 Å². The van der Waals surface area contributed by atoms with Crippen LogP contribution in [0.3, 0.4) is 0 Å². The third kappa shape index (κ3) is 6.52. The normalized spacial score (nSPS) is 10.8. The molecule has 0 aliphatic rings. The second kappa shape index (κ2) is 10.1. The van der Waals surface area contributed by atoms with Crippen molar-refractivity contribution in [2.75, 3.05) is 13.1 Å². The number of nitrogens with zero attached hydrogens (tertiary/aromatic N) is 1. The molecule has 2 heterocycles. The van der Waals surface area contributed by atoms with Gasteiger partial charge >= 0.3 is 0 Å². The molecule has 0 amide bonds. The molecule has 0 bridgehead atoms. The Hall–Kier alpha value is -1.70. The standard InChI is InChI=1S/C15H19N3O2.HI/c1-2-8-16-15(18-12-14-6-4-11-20-14)17-9-7-13-5-3-10-19-13;/h2-6,10-11H,1,7-9,12H2,(H2,16,17,18);1H. The quantitative estimate of drug-likeness (QED) is 0.324. The van der Waals surface area contributed by atoms with Gasteiger partial charge in [-0.1, -0.05) is 6.08 Å². The predicted octanol–water partition coefficient (Wildman–Crippen LogP) is 2.95. The highest BCUT2D eigenvalue weighted by Crippen LogP contribution is 2.01. The van der Waals surface area contributed by atoms with E-state index in [4.69, 9.17) is 8.83 Å². The molecule has 0 aliphatic heterocycles. The fourth-order valence-electron chi connectivity index (χ4n) is 1.66. The zero-order valence-electron chi connectivity index (χ0n) is 11.7. The third-order valence-corrected chi connectivity index (χ3v) is 2.63. The van der Waals surface area contributed by atoms with Crippen molar-refractivity contribution in [3.63, 3.8) is 0 Å². The fourth-order valence-corrected chi connectivity index (χ4v) is 1.66. The first-order chi connectivity index (χ1) is 9.88. The van der Waals surface area contributed by atoms with Crippen LogP contribution >= 0.6 is 24.0 Å². The molecule has 2 N–H and O–H groups in total. The van der Waals surface area contributed by atoms with Crippen LogP contribution in [0.2, 0.25) is 0 Å². The van der Waals surface area contributed by atoms with Gasteiger partial charge in [0.15, 0.2) is 5.96 Å². The summed E-state index contributed by atoms with van der Waals surface area (Å²) in [6, 6.07) is 7.60. The molecule has 21 heavy (non-hydrogen) atoms. The highest BCUT2D eigenvalue weighted by atomic mass is 127. The second-order valence-electron chi connectivity index (χ2n) is 4.17. The smallest absolute Gasteiger partial charge is 0.191 e. The Morgan fingerprint density at radius 2 is 1.86 bits per heavy atom. The maximum atomic E-state index is 5.28. The molecule has 2 rings (SSSR count). The molecule has 0 spiro atoms. The van der Waals surface area contributed by atoms with E-state index in [1.807, 2.05) is 24.3 Å². The number of rotatable bonds is 7. The van der Waals surface area contributed by atoms with Crippen molar-refractivity contribution >= 4 is 29.9 Å². The van der Waals surface area contributed by atoms with Crippen LogP contribution in [0.1, 0.15) is 11.5 Å². The van der Waals surface area contributed by atoms with Crippen LogP contribution in [-0.2, 0) is 13.0 Å². The lowest BCUT2D eigenvalue weighted by molar-refractivity contribution is 0.505. The Bertz CT molecular complexity index is 521. The minimum atomic E-state index is 0. The Morgan fingerprint density at radius 1 is 1.14 bits per heavy atom. The van der Waals surface area contributed by atoms with E-state index >= 15 is 0 Å². The van der Waals surface area contributed by atoms with Gasteiger partial charge in [-0.25, -0.2) is 4.99 Å². The van der Waals surface area contributed by atoms with E-state index in [2.05, 4.69) is 22.2 Å². The summed E-state index contributed by atoms with van der Waals surface area (Å²) in [6.45, 7) is 5.59. The molecule has 0 saturated heterocycles. The van der Waals surface area contributed by atoms with Crippen LogP contribution < -0.4 is 10.6 Å². The third-order valence-electron chi connectivity index (χ3n) is 2.63. The monoisotopic (exact) mass is 401 g/mol. The molecular weight excluding hydrogens is 381 g/mol. The lowest BCUT2D eigenvalue weighted by atomic mass is 10.3. The molecule has 5 nitrogen and oxygen atoms in total. The first-order valence-corrected chi connectivity index (χ1v) is 6.56. The summed E-state index contributed by atoms with van der Waals surface area (Å²) in [5, 5.41) is 6.41. The van der Waals surface area contributed by atoms with Crippen molar-refractivity contribution in [3.05, 3.63) is 61.0 Å². The number of hydrogen-bond donors (Lipinski definition) is 2. The molecule has 0 radical (unpaired) electrons. The first kappa shape index (κ1) is 17.4. The first-order valence-electron chi connectivity index (χ1n) is 6.56. The predicted molar refractivity (Wildman–Crippen MR) is 93.9 cm³/mol. The molecule has 0 unspecified atom stereocenters. The van der Waals surface area contributed by atoms with Gasteiger partial charge in [-0.15, -0.1) is 30.6 Å². The molecule has 0 saturated carbocycles. The van der Waals surface area contributed by atoms with E-state index in [-0.39, 0.29) is 24.0 Å². The minimum absolute atomic E-state index is 0. The molecule has 6 heteroatoms. The van der Waals surface area contributed by atoms with E-state index in [9.17, 15) is 0 Å². The second-order valence-corrected chi connectivity index (χ2v) is 4.17. The number of hydrogen-bond acceptors (Lipinski definition) is 3. The van der Waals surface area contributed by atoms with Crippen molar-refractivity contribution in [2.45, 2.75) is 13.0 Å². The summed E-state index contributed by atoms with van der Waals surface area (Å²) < 4.78 is 10.5. The van der Waals surface area contributed by atoms with E-state index < -0.39 is 0 Å². The summed E-state index contributed by atoms with van der Waals surface area (Å²) in [5.41, 5.74) is 0. The number of nitrogens with one attached hydrogen (secondary N) is 2. The van der Waals surface area contributed by atoms with Gasteiger partial charge in [-0.3, -0.25) is 0 Å². The molecule has 2 aromatic heterocycles. The minimum Gasteiger partial charge on any atom is -0.469 e. The van der Waals surface area contributed by atoms with Gasteiger partial charge in [-0.05, 0) is 24.3 Å². The number of aliphatic imine (C=N–C) groups is 1. The van der Waals surface area contributed by atoms with E-state index in [1.54, 1.807) is 18.6 Å². The SMILES string of the molecule is C=CCNC(=NCc1ccco1)NCCc1ccco1.I. The molecule has 0 aliphatic carbocycles. The van der Waals surface area contributed by atoms with Crippen LogP contribution in [0.25, 0.3) is 0 Å². The average molecular weight is 401 g/mol. The van der Waals surface area contributed by atoms with Crippen LogP contribution in [0, 0.1) is 0 Å². The van der Waals surface area contributed by atoms with E-state index in [1.165, 1.54) is 0 Å². The molecule has 114 valence electrons. The van der Waals surface area contributed by atoms with Gasteiger partial charge in [0.05, 0.1) is 12.5 Å². The van der Waals surface area contributed by atoms with Gasteiger partial charge in [0.2, 0.25) is 0 Å². The summed E-state index contributed by atoms with van der Waals surface area (Å²) >= 11 is 0. The summed E-state index contributed by atoms with van der Waals surface area (Å²) in [4.78, 5) is 4.44. The Morgan fingerprint density at radius 3 is 2.48 bits per heavy atom. The maximum Gasteiger partial charge on any atom is 0.191 e. The van der Waals surface area contributed by atoms with Crippen LogP contribution in [0.5, 0.6) is 0 Å². The van der Waals surface area contributed by atoms with E-state index in [0.717, 1.165) is 30.4 Å². The topological polar surface area (TPSA) is 62.7 Å². The maximum absolute atomic E-state index is 5.28. The Balaban J connectivity index is 0.00000220. The van der Waals surface area contributed by atoms with Gasteiger partial charge < -0.3 is 19.5 Å². The van der Waals surface area contributed by atoms with Crippen LogP contribution in [-0.4, -0.2) is 19.0 Å². The zero-order valence-corrected chi connectivity index (χ0v) is 14.1. The van der Waals surface area contributed by atoms with Crippen LogP contribution in [0.15, 0.2) is 63.3 Å². The summed E-state index contributed by atoms with van der Waals surface area (Å²) in [7, 11) is 0. The number of furan rings is 2. The Labute approximate surface area is 141 Å². The van der Waals surface area contributed by atoms with Crippen molar-refractivity contribution in [1.29, 1.82) is 0 Å². The lowest BCUT2D eigenvalue weighted by Crippen LogP contribution is -2.38. The summed E-state index contributed by atoms with van der Waals surface area (Å²) in [5.74, 6) is 2.51. The van der Waals surface area contributed by atoms with Gasteiger partial charge in [0, 0.05) is 19.5 Å². The van der Waals surface area contributed by atoms with Gasteiger partial charge in [0.1, 0.15) is 18.1 Å². The molecule has 0 fully saturated rings. The molecular formula is C15H20IN3O2. The largest absolute Gasteiger partial charge is 0.469 e. The Kier molecular flexibility index (Phi) is 8.34. The zero-order chi connectivity index (χ0) is 14.0. The van der Waals surface area contributed by atoms with E-state index in [0.29, 0.717) is 13.1 Å². The number of guanidine groups is 1. The highest BCUT2D eigenvalue weighted by molar-refractivity contribution is 14.0. The highest BCUT2D eigenvalue weighted by Gasteiger charge is 2.00. The van der Waals surface area contributed by atoms with Crippen molar-refractivity contribution in [2.24, 2.45) is 4.99 Å². The van der Waals surface area contributed by atoms with Gasteiger partial charge in [0.25, 0.3) is 0 Å². The molecule has 0 atom stereocenters.